The van der Waals surface area contributed by atoms with Gasteiger partial charge in [0.2, 0.25) is 0 Å². The third kappa shape index (κ3) is 3.84. The third-order valence-electron chi connectivity index (χ3n) is 7.35. The van der Waals surface area contributed by atoms with Crippen molar-refractivity contribution < 1.29 is 33.2 Å². The van der Waals surface area contributed by atoms with Crippen molar-refractivity contribution >= 4 is 5.97 Å². The fraction of sp³-hybridized carbons (Fsp3) is 0.952. The van der Waals surface area contributed by atoms with Crippen LogP contribution in [-0.4, -0.2) is 68.2 Å². The summed E-state index contributed by atoms with van der Waals surface area (Å²) in [6.45, 7) is 6.02. The summed E-state index contributed by atoms with van der Waals surface area (Å²) in [7, 11) is 0. The van der Waals surface area contributed by atoms with E-state index in [2.05, 4.69) is 13.8 Å². The molecule has 7 heteroatoms. The number of ether oxygens (including phenoxy) is 6. The van der Waals surface area contributed by atoms with E-state index in [1.807, 2.05) is 0 Å². The molecule has 3 saturated heterocycles. The van der Waals surface area contributed by atoms with Gasteiger partial charge in [0.25, 0.3) is 0 Å². The normalized spacial score (nSPS) is 49.2. The maximum absolute atomic E-state index is 12.2. The van der Waals surface area contributed by atoms with Crippen molar-refractivity contribution in [2.24, 2.45) is 11.8 Å². The van der Waals surface area contributed by atoms with Crippen molar-refractivity contribution in [2.45, 2.75) is 88.2 Å². The zero-order chi connectivity index (χ0) is 19.4. The summed E-state index contributed by atoms with van der Waals surface area (Å²) in [5.74, 6) is 0.272. The molecule has 158 valence electrons. The van der Waals surface area contributed by atoms with Gasteiger partial charge in [-0.3, -0.25) is 4.79 Å². The first-order chi connectivity index (χ1) is 13.5. The van der Waals surface area contributed by atoms with Crippen molar-refractivity contribution in [1.82, 2.24) is 0 Å². The summed E-state index contributed by atoms with van der Waals surface area (Å²) >= 11 is 0. The average Bonchev–Trinajstić information content (AvgIpc) is 3.48. The maximum Gasteiger partial charge on any atom is 0.309 e. The molecule has 7 nitrogen and oxygen atoms in total. The average molecular weight is 396 g/mol. The Balaban J connectivity index is 0.940. The Labute approximate surface area is 166 Å². The number of rotatable bonds is 7. The molecule has 3 aliphatic heterocycles. The van der Waals surface area contributed by atoms with Crippen molar-refractivity contribution in [3.63, 3.8) is 0 Å². The molecule has 3 heterocycles. The van der Waals surface area contributed by atoms with Gasteiger partial charge in [-0.1, -0.05) is 0 Å². The predicted molar refractivity (Wildman–Crippen MR) is 97.6 cm³/mol. The fourth-order valence-corrected chi connectivity index (χ4v) is 5.12. The van der Waals surface area contributed by atoms with Crippen LogP contribution in [0.1, 0.15) is 52.4 Å². The van der Waals surface area contributed by atoms with Crippen LogP contribution < -0.4 is 0 Å². The second kappa shape index (κ2) is 7.20. The van der Waals surface area contributed by atoms with Crippen molar-refractivity contribution in [1.29, 1.82) is 0 Å². The van der Waals surface area contributed by atoms with Gasteiger partial charge in [-0.05, 0) is 52.4 Å². The minimum Gasteiger partial charge on any atom is -0.463 e. The van der Waals surface area contributed by atoms with Gasteiger partial charge in [0.15, 0.2) is 6.29 Å². The second-order valence-electron chi connectivity index (χ2n) is 9.55. The molecule has 0 N–H and O–H groups in total. The maximum atomic E-state index is 12.2. The second-order valence-corrected chi connectivity index (χ2v) is 9.55. The number of carbonyl (C=O) groups is 1. The number of hydrogen-bond donors (Lipinski definition) is 0. The molecule has 8 atom stereocenters. The molecule has 2 aliphatic carbocycles. The lowest BCUT2D eigenvalue weighted by Gasteiger charge is -2.26. The van der Waals surface area contributed by atoms with Gasteiger partial charge >= 0.3 is 5.97 Å². The molecule has 8 unspecified atom stereocenters. The predicted octanol–water partition coefficient (Wildman–Crippen LogP) is 2.20. The van der Waals surface area contributed by atoms with Crippen LogP contribution in [0.2, 0.25) is 0 Å². The summed E-state index contributed by atoms with van der Waals surface area (Å²) in [5, 5.41) is 0. The monoisotopic (exact) mass is 396 g/mol. The van der Waals surface area contributed by atoms with Crippen molar-refractivity contribution in [3.8, 4) is 0 Å². The van der Waals surface area contributed by atoms with Gasteiger partial charge in [-0.2, -0.15) is 0 Å². The molecule has 0 radical (unpaired) electrons. The van der Waals surface area contributed by atoms with Gasteiger partial charge in [0.05, 0.1) is 49.1 Å². The smallest absolute Gasteiger partial charge is 0.309 e. The summed E-state index contributed by atoms with van der Waals surface area (Å²) in [5.41, 5.74) is 0.155. The van der Waals surface area contributed by atoms with Crippen LogP contribution in [0, 0.1) is 11.8 Å². The van der Waals surface area contributed by atoms with Gasteiger partial charge < -0.3 is 28.4 Å². The van der Waals surface area contributed by atoms with E-state index in [0.29, 0.717) is 31.8 Å². The zero-order valence-corrected chi connectivity index (χ0v) is 16.9. The molecule has 28 heavy (non-hydrogen) atoms. The minimum absolute atomic E-state index is 0.0271. The van der Waals surface area contributed by atoms with Gasteiger partial charge in [-0.25, -0.2) is 0 Å². The van der Waals surface area contributed by atoms with Gasteiger partial charge in [0.1, 0.15) is 12.7 Å². The molecule has 0 aromatic heterocycles. The highest BCUT2D eigenvalue weighted by Crippen LogP contribution is 2.51. The molecule has 5 fully saturated rings. The highest BCUT2D eigenvalue weighted by Gasteiger charge is 2.57. The quantitative estimate of drug-likeness (QED) is 0.371. The lowest BCUT2D eigenvalue weighted by molar-refractivity contribution is -0.151. The Morgan fingerprint density at radius 2 is 1.79 bits per heavy atom. The molecule has 5 aliphatic rings. The molecule has 0 aromatic carbocycles. The van der Waals surface area contributed by atoms with Crippen LogP contribution >= 0.6 is 0 Å². The van der Waals surface area contributed by atoms with Crippen LogP contribution in [0.3, 0.4) is 0 Å². The number of esters is 1. The fourth-order valence-electron chi connectivity index (χ4n) is 5.12. The van der Waals surface area contributed by atoms with Crippen LogP contribution in [0.15, 0.2) is 0 Å². The Morgan fingerprint density at radius 3 is 2.54 bits per heavy atom. The zero-order valence-electron chi connectivity index (χ0n) is 16.9. The minimum atomic E-state index is -0.137. The molecule has 2 saturated carbocycles. The van der Waals surface area contributed by atoms with Crippen LogP contribution in [0.25, 0.3) is 0 Å². The Kier molecular flexibility index (Phi) is 4.95. The van der Waals surface area contributed by atoms with Gasteiger partial charge in [0, 0.05) is 5.92 Å². The summed E-state index contributed by atoms with van der Waals surface area (Å²) in [6, 6.07) is 0. The Bertz CT molecular complexity index is 612. The SMILES string of the molecule is CC12CCC(C(=O)OCCOCC3COC(C4CCC5(C)OC5C4)O3)CC1O2. The van der Waals surface area contributed by atoms with Crippen molar-refractivity contribution in [3.05, 3.63) is 0 Å². The largest absolute Gasteiger partial charge is 0.463 e. The number of hydrogen-bond acceptors (Lipinski definition) is 7. The lowest BCUT2D eigenvalue weighted by atomic mass is 9.82. The van der Waals surface area contributed by atoms with Crippen molar-refractivity contribution in [2.75, 3.05) is 26.4 Å². The topological polar surface area (TPSA) is 79.1 Å². The third-order valence-corrected chi connectivity index (χ3v) is 7.35. The Morgan fingerprint density at radius 1 is 1.04 bits per heavy atom. The van der Waals surface area contributed by atoms with E-state index < -0.39 is 0 Å². The molecule has 0 amide bonds. The van der Waals surface area contributed by atoms with E-state index in [-0.39, 0.29) is 48.2 Å². The molecular weight excluding hydrogens is 364 g/mol. The number of carbonyl (C=O) groups excluding carboxylic acids is 1. The standard InChI is InChI=1S/C21H32O7/c1-20-5-3-13(9-16(20)27-20)18(22)24-8-7-23-11-15-12-25-19(26-15)14-4-6-21(2)17(10-14)28-21/h13-17,19H,3-12H2,1-2H3. The first-order valence-electron chi connectivity index (χ1n) is 10.8. The van der Waals surface area contributed by atoms with Crippen LogP contribution in [0.5, 0.6) is 0 Å². The number of fused-ring (bicyclic) bond motifs is 2. The van der Waals surface area contributed by atoms with E-state index in [9.17, 15) is 4.79 Å². The van der Waals surface area contributed by atoms with Gasteiger partial charge in [-0.15, -0.1) is 0 Å². The molecule has 0 spiro atoms. The van der Waals surface area contributed by atoms with E-state index in [4.69, 9.17) is 28.4 Å². The first kappa shape index (κ1) is 19.2. The van der Waals surface area contributed by atoms with E-state index in [1.54, 1.807) is 0 Å². The molecule has 0 bridgehead atoms. The Hall–Kier alpha value is -0.730. The van der Waals surface area contributed by atoms with Crippen LogP contribution in [-0.2, 0) is 33.2 Å². The summed E-state index contributed by atoms with van der Waals surface area (Å²) in [4.78, 5) is 12.2. The molecule has 0 aromatic rings. The number of epoxide rings is 2. The van der Waals surface area contributed by atoms with Crippen LogP contribution in [0.4, 0.5) is 0 Å². The summed E-state index contributed by atoms with van der Waals surface area (Å²) in [6.07, 6.45) is 6.24. The first-order valence-corrected chi connectivity index (χ1v) is 10.8. The summed E-state index contributed by atoms with van der Waals surface area (Å²) < 4.78 is 34.3. The lowest BCUT2D eigenvalue weighted by Crippen LogP contribution is -2.31. The molecule has 5 rings (SSSR count). The molecular formula is C21H32O7. The highest BCUT2D eigenvalue weighted by molar-refractivity contribution is 5.72. The van der Waals surface area contributed by atoms with E-state index >= 15 is 0 Å². The van der Waals surface area contributed by atoms with E-state index in [0.717, 1.165) is 38.5 Å². The highest BCUT2D eigenvalue weighted by atomic mass is 16.7. The van der Waals surface area contributed by atoms with E-state index in [1.165, 1.54) is 0 Å².